The molecule has 0 saturated heterocycles. The lowest BCUT2D eigenvalue weighted by molar-refractivity contribution is 0.0930. The third-order valence-corrected chi connectivity index (χ3v) is 7.11. The molecule has 1 N–H and O–H groups in total. The van der Waals surface area contributed by atoms with E-state index in [4.69, 9.17) is 21.7 Å². The number of hydrogen-bond donors (Lipinski definition) is 1. The van der Waals surface area contributed by atoms with E-state index >= 15 is 0 Å². The first-order valence-corrected chi connectivity index (χ1v) is 12.3. The van der Waals surface area contributed by atoms with E-state index in [1.165, 1.54) is 11.1 Å². The van der Waals surface area contributed by atoms with Crippen LogP contribution in [0.2, 0.25) is 5.02 Å². The molecule has 1 aliphatic carbocycles. The van der Waals surface area contributed by atoms with Crippen molar-refractivity contribution in [3.8, 4) is 11.1 Å². The van der Waals surface area contributed by atoms with Gasteiger partial charge < -0.3 is 5.32 Å². The molecule has 174 valence electrons. The molecule has 0 aliphatic heterocycles. The highest BCUT2D eigenvalue weighted by atomic mass is 35.5. The van der Waals surface area contributed by atoms with Crippen molar-refractivity contribution in [3.05, 3.63) is 87.3 Å². The minimum absolute atomic E-state index is 0.00820. The second-order valence-electron chi connectivity index (χ2n) is 9.46. The zero-order chi connectivity index (χ0) is 24.0. The van der Waals surface area contributed by atoms with Crippen molar-refractivity contribution in [3.63, 3.8) is 0 Å². The topological polar surface area (TPSA) is 59.3 Å². The zero-order valence-electron chi connectivity index (χ0n) is 20.0. The molecule has 0 saturated carbocycles. The predicted octanol–water partition coefficient (Wildman–Crippen LogP) is 6.60. The van der Waals surface area contributed by atoms with Gasteiger partial charge in [0.15, 0.2) is 5.65 Å². The Bertz CT molecular complexity index is 1390. The van der Waals surface area contributed by atoms with E-state index in [2.05, 4.69) is 37.4 Å². The molecule has 0 radical (unpaired) electrons. The summed E-state index contributed by atoms with van der Waals surface area (Å²) in [6, 6.07) is 14.3. The molecule has 0 bridgehead atoms. The van der Waals surface area contributed by atoms with Gasteiger partial charge in [-0.3, -0.25) is 4.79 Å². The maximum Gasteiger partial charge on any atom is 0.255 e. The fourth-order valence-corrected chi connectivity index (χ4v) is 5.54. The predicted molar refractivity (Wildman–Crippen MR) is 137 cm³/mol. The van der Waals surface area contributed by atoms with Crippen molar-refractivity contribution in [1.82, 2.24) is 19.9 Å². The van der Waals surface area contributed by atoms with E-state index in [1.807, 2.05) is 42.6 Å². The minimum Gasteiger partial charge on any atom is -0.345 e. The van der Waals surface area contributed by atoms with Crippen LogP contribution in [0.5, 0.6) is 0 Å². The van der Waals surface area contributed by atoms with Crippen LogP contribution in [0.3, 0.4) is 0 Å². The molecular formula is C28H29ClN4O. The van der Waals surface area contributed by atoms with E-state index in [0.717, 1.165) is 53.0 Å². The second kappa shape index (κ2) is 8.88. The van der Waals surface area contributed by atoms with E-state index in [-0.39, 0.29) is 17.9 Å². The molecule has 1 aliphatic rings. The number of nitrogens with zero attached hydrogens (tertiary/aromatic N) is 3. The molecule has 4 aromatic rings. The first-order chi connectivity index (χ1) is 16.4. The molecule has 2 heterocycles. The molecular weight excluding hydrogens is 444 g/mol. The summed E-state index contributed by atoms with van der Waals surface area (Å²) in [6.07, 6.45) is 4.76. The lowest BCUT2D eigenvalue weighted by Crippen LogP contribution is -2.32. The number of rotatable bonds is 4. The summed E-state index contributed by atoms with van der Waals surface area (Å²) in [5.41, 5.74) is 8.43. The molecule has 5 nitrogen and oxygen atoms in total. The normalized spacial score (nSPS) is 15.5. The van der Waals surface area contributed by atoms with Crippen molar-refractivity contribution in [2.24, 2.45) is 0 Å². The number of hydrogen-bond acceptors (Lipinski definition) is 3. The van der Waals surface area contributed by atoms with Crippen molar-refractivity contribution < 1.29 is 4.79 Å². The Morgan fingerprint density at radius 1 is 1.12 bits per heavy atom. The SMILES string of the molecule is Cc1cccc(Cl)c1-c1c(C)nn2c(C(C)C)c(C(=O)N[C@H]3CCCc4ccccc43)cnc12. The van der Waals surface area contributed by atoms with Crippen LogP contribution in [0.25, 0.3) is 16.8 Å². The van der Waals surface area contributed by atoms with E-state index in [0.29, 0.717) is 10.6 Å². The van der Waals surface area contributed by atoms with Crippen molar-refractivity contribution in [2.75, 3.05) is 0 Å². The maximum atomic E-state index is 13.5. The van der Waals surface area contributed by atoms with Gasteiger partial charge in [-0.1, -0.05) is 61.8 Å². The maximum absolute atomic E-state index is 13.5. The summed E-state index contributed by atoms with van der Waals surface area (Å²) < 4.78 is 1.84. The lowest BCUT2D eigenvalue weighted by atomic mass is 9.87. The molecule has 1 amide bonds. The summed E-state index contributed by atoms with van der Waals surface area (Å²) in [6.45, 7) is 8.17. The molecule has 0 unspecified atom stereocenters. The first kappa shape index (κ1) is 22.6. The van der Waals surface area contributed by atoms with Crippen LogP contribution < -0.4 is 5.32 Å². The summed E-state index contributed by atoms with van der Waals surface area (Å²) >= 11 is 6.60. The number of aromatic nitrogens is 3. The second-order valence-corrected chi connectivity index (χ2v) is 9.86. The van der Waals surface area contributed by atoms with Crippen LogP contribution in [0.1, 0.15) is 77.1 Å². The summed E-state index contributed by atoms with van der Waals surface area (Å²) in [5, 5.41) is 8.79. The Balaban J connectivity index is 1.60. The molecule has 1 atom stereocenters. The minimum atomic E-state index is -0.108. The van der Waals surface area contributed by atoms with Crippen LogP contribution in [-0.4, -0.2) is 20.5 Å². The summed E-state index contributed by atoms with van der Waals surface area (Å²) in [5.74, 6) is -0.0344. The number of fused-ring (bicyclic) bond motifs is 2. The first-order valence-electron chi connectivity index (χ1n) is 11.9. The van der Waals surface area contributed by atoms with Crippen LogP contribution in [0.4, 0.5) is 0 Å². The van der Waals surface area contributed by atoms with Gasteiger partial charge in [0.2, 0.25) is 0 Å². The molecule has 0 spiro atoms. The highest BCUT2D eigenvalue weighted by molar-refractivity contribution is 6.33. The Morgan fingerprint density at radius 2 is 1.91 bits per heavy atom. The third-order valence-electron chi connectivity index (χ3n) is 6.79. The number of benzene rings is 2. The van der Waals surface area contributed by atoms with E-state index in [9.17, 15) is 4.79 Å². The van der Waals surface area contributed by atoms with Crippen molar-refractivity contribution >= 4 is 23.2 Å². The van der Waals surface area contributed by atoms with E-state index in [1.54, 1.807) is 6.20 Å². The molecule has 6 heteroatoms. The Labute approximate surface area is 205 Å². The van der Waals surface area contributed by atoms with Gasteiger partial charge in [-0.15, -0.1) is 0 Å². The highest BCUT2D eigenvalue weighted by Crippen LogP contribution is 2.37. The van der Waals surface area contributed by atoms with Gasteiger partial charge in [0.1, 0.15) is 0 Å². The molecule has 5 rings (SSSR count). The number of nitrogens with one attached hydrogen (secondary N) is 1. The van der Waals surface area contributed by atoms with Gasteiger partial charge in [0.25, 0.3) is 5.91 Å². The fraction of sp³-hybridized carbons (Fsp3) is 0.321. The fourth-order valence-electron chi connectivity index (χ4n) is 5.22. The van der Waals surface area contributed by atoms with Gasteiger partial charge in [-0.05, 0) is 61.8 Å². The van der Waals surface area contributed by atoms with Crippen LogP contribution >= 0.6 is 11.6 Å². The Morgan fingerprint density at radius 3 is 2.68 bits per heavy atom. The van der Waals surface area contributed by atoms with Crippen LogP contribution in [0.15, 0.2) is 48.7 Å². The Hall–Kier alpha value is -3.18. The van der Waals surface area contributed by atoms with Crippen LogP contribution in [-0.2, 0) is 6.42 Å². The molecule has 34 heavy (non-hydrogen) atoms. The lowest BCUT2D eigenvalue weighted by Gasteiger charge is -2.27. The van der Waals surface area contributed by atoms with Crippen LogP contribution in [0, 0.1) is 13.8 Å². The van der Waals surface area contributed by atoms with Gasteiger partial charge in [0.05, 0.1) is 28.6 Å². The number of carbonyl (C=O) groups is 1. The average molecular weight is 473 g/mol. The van der Waals surface area contributed by atoms with Gasteiger partial charge in [-0.25, -0.2) is 9.50 Å². The monoisotopic (exact) mass is 472 g/mol. The van der Waals surface area contributed by atoms with Gasteiger partial charge in [0, 0.05) is 16.8 Å². The summed E-state index contributed by atoms with van der Waals surface area (Å²) in [7, 11) is 0. The van der Waals surface area contributed by atoms with Gasteiger partial charge in [-0.2, -0.15) is 5.10 Å². The smallest absolute Gasteiger partial charge is 0.255 e. The number of carbonyl (C=O) groups excluding carboxylic acids is 1. The quantitative estimate of drug-likeness (QED) is 0.364. The van der Waals surface area contributed by atoms with E-state index < -0.39 is 0 Å². The number of halogens is 1. The van der Waals surface area contributed by atoms with Crippen molar-refractivity contribution in [2.45, 2.75) is 58.9 Å². The molecule has 2 aromatic carbocycles. The molecule has 0 fully saturated rings. The largest absolute Gasteiger partial charge is 0.345 e. The number of aryl methyl sites for hydroxylation is 3. The third kappa shape index (κ3) is 3.78. The standard InChI is InChI=1S/C28H29ClN4O/c1-16(2)26-21(28(34)31-23-14-8-11-19-10-5-6-12-20(19)23)15-30-27-25(18(4)32-33(26)27)24-17(3)9-7-13-22(24)29/h5-7,9-10,12-13,15-16,23H,8,11,14H2,1-4H3,(H,31,34)/t23-/m0/s1. The Kier molecular flexibility index (Phi) is 5.90. The average Bonchev–Trinajstić information content (AvgIpc) is 3.14. The highest BCUT2D eigenvalue weighted by Gasteiger charge is 2.27. The van der Waals surface area contributed by atoms with Gasteiger partial charge >= 0.3 is 0 Å². The van der Waals surface area contributed by atoms with Crippen molar-refractivity contribution in [1.29, 1.82) is 0 Å². The summed E-state index contributed by atoms with van der Waals surface area (Å²) in [4.78, 5) is 18.3. The number of amides is 1. The zero-order valence-corrected chi connectivity index (χ0v) is 20.8. The molecule has 2 aromatic heterocycles.